The Morgan fingerprint density at radius 1 is 1.27 bits per heavy atom. The van der Waals surface area contributed by atoms with Crippen molar-refractivity contribution in [3.63, 3.8) is 0 Å². The molecule has 0 rings (SSSR count). The van der Waals surface area contributed by atoms with Crippen LogP contribution in [0.25, 0.3) is 0 Å². The van der Waals surface area contributed by atoms with Gasteiger partial charge in [-0.3, -0.25) is 4.79 Å². The number of carbonyl (C=O) groups is 2. The Morgan fingerprint density at radius 2 is 1.80 bits per heavy atom. The summed E-state index contributed by atoms with van der Waals surface area (Å²) in [4.78, 5) is 21.9. The first-order chi connectivity index (χ1) is 6.88. The van der Waals surface area contributed by atoms with Gasteiger partial charge in [-0.1, -0.05) is 20.8 Å². The summed E-state index contributed by atoms with van der Waals surface area (Å²) in [5.74, 6) is -2.21. The van der Waals surface area contributed by atoms with Gasteiger partial charge in [0.2, 0.25) is 6.10 Å². The molecule has 0 aliphatic carbocycles. The molecule has 2 N–H and O–H groups in total. The van der Waals surface area contributed by atoms with Gasteiger partial charge in [-0.25, -0.2) is 4.79 Å². The summed E-state index contributed by atoms with van der Waals surface area (Å²) in [6.07, 6.45) is -1.07. The summed E-state index contributed by atoms with van der Waals surface area (Å²) in [5.41, 5.74) is 0. The third kappa shape index (κ3) is 5.37. The normalized spacial score (nSPS) is 14.7. The predicted molar refractivity (Wildman–Crippen MR) is 53.2 cm³/mol. The molecule has 0 saturated carbocycles. The fourth-order valence-corrected chi connectivity index (χ4v) is 1.01. The number of ether oxygens (including phenoxy) is 1. The summed E-state index contributed by atoms with van der Waals surface area (Å²) in [5, 5.41) is 17.5. The quantitative estimate of drug-likeness (QED) is 0.640. The third-order valence-electron chi connectivity index (χ3n) is 1.93. The third-order valence-corrected chi connectivity index (χ3v) is 1.93. The molecular weight excluding hydrogens is 200 g/mol. The second-order valence-electron chi connectivity index (χ2n) is 3.98. The first-order valence-electron chi connectivity index (χ1n) is 4.91. The number of aliphatic hydroxyl groups excluding tert-OH is 1. The van der Waals surface area contributed by atoms with Crippen molar-refractivity contribution in [2.45, 2.75) is 33.3 Å². The molecule has 0 fully saturated rings. The highest BCUT2D eigenvalue weighted by atomic mass is 16.6. The van der Waals surface area contributed by atoms with E-state index in [1.54, 1.807) is 20.8 Å². The van der Waals surface area contributed by atoms with E-state index in [0.717, 1.165) is 0 Å². The Hall–Kier alpha value is -1.10. The molecule has 0 aromatic heterocycles. The predicted octanol–water partition coefficient (Wildman–Crippen LogP) is 0.657. The van der Waals surface area contributed by atoms with Crippen LogP contribution in [0.1, 0.15) is 27.2 Å². The molecule has 5 heteroatoms. The first-order valence-corrected chi connectivity index (χ1v) is 4.91. The highest BCUT2D eigenvalue weighted by Crippen LogP contribution is 2.10. The van der Waals surface area contributed by atoms with Crippen LogP contribution in [0, 0.1) is 11.8 Å². The largest absolute Gasteiger partial charge is 0.478 e. The van der Waals surface area contributed by atoms with Crippen LogP contribution in [0.15, 0.2) is 0 Å². The highest BCUT2D eigenvalue weighted by molar-refractivity contribution is 5.78. The molecule has 5 nitrogen and oxygen atoms in total. The molecule has 0 heterocycles. The number of esters is 1. The number of carbonyl (C=O) groups excluding carboxylic acids is 1. The van der Waals surface area contributed by atoms with E-state index in [1.807, 2.05) is 0 Å². The summed E-state index contributed by atoms with van der Waals surface area (Å²) in [7, 11) is 0. The molecule has 0 spiro atoms. The number of aliphatic hydroxyl groups is 1. The molecule has 88 valence electrons. The van der Waals surface area contributed by atoms with Crippen LogP contribution in [0.3, 0.4) is 0 Å². The van der Waals surface area contributed by atoms with Gasteiger partial charge < -0.3 is 14.9 Å². The Labute approximate surface area is 89.0 Å². The van der Waals surface area contributed by atoms with E-state index in [-0.39, 0.29) is 24.9 Å². The second kappa shape index (κ2) is 6.40. The van der Waals surface area contributed by atoms with Gasteiger partial charge in [0.15, 0.2) is 0 Å². The lowest BCUT2D eigenvalue weighted by Gasteiger charge is -2.17. The number of hydrogen-bond donors (Lipinski definition) is 2. The highest BCUT2D eigenvalue weighted by Gasteiger charge is 2.26. The average Bonchev–Trinajstić information content (AvgIpc) is 2.12. The molecule has 0 saturated heterocycles. The maximum Gasteiger partial charge on any atom is 0.345 e. The minimum Gasteiger partial charge on any atom is -0.478 e. The monoisotopic (exact) mass is 218 g/mol. The summed E-state index contributed by atoms with van der Waals surface area (Å²) < 4.78 is 4.80. The van der Waals surface area contributed by atoms with E-state index in [4.69, 9.17) is 14.9 Å². The summed E-state index contributed by atoms with van der Waals surface area (Å²) in [6.45, 7) is 4.91. The van der Waals surface area contributed by atoms with Gasteiger partial charge >= 0.3 is 11.9 Å². The van der Waals surface area contributed by atoms with Crippen LogP contribution in [0.5, 0.6) is 0 Å². The topological polar surface area (TPSA) is 83.8 Å². The van der Waals surface area contributed by atoms with Crippen LogP contribution in [-0.2, 0) is 14.3 Å². The second-order valence-corrected chi connectivity index (χ2v) is 3.98. The molecule has 2 atom stereocenters. The molecule has 0 aliphatic heterocycles. The van der Waals surface area contributed by atoms with Crippen molar-refractivity contribution in [2.24, 2.45) is 11.8 Å². The van der Waals surface area contributed by atoms with E-state index in [2.05, 4.69) is 0 Å². The van der Waals surface area contributed by atoms with Crippen molar-refractivity contribution in [1.29, 1.82) is 0 Å². The Balaban J connectivity index is 4.18. The van der Waals surface area contributed by atoms with Crippen LogP contribution >= 0.6 is 0 Å². The number of aliphatic carboxylic acids is 1. The standard InChI is InChI=1S/C10H18O5/c1-6(2)9(10(13)14)15-8(12)4-7(3)5-11/h6-7,9,11H,4-5H2,1-3H3,(H,13,14)/t7?,9-/m0/s1. The van der Waals surface area contributed by atoms with E-state index in [9.17, 15) is 9.59 Å². The number of carboxylic acids is 1. The zero-order valence-electron chi connectivity index (χ0n) is 9.27. The van der Waals surface area contributed by atoms with Crippen LogP contribution in [0.2, 0.25) is 0 Å². The van der Waals surface area contributed by atoms with Crippen LogP contribution in [0.4, 0.5) is 0 Å². The zero-order chi connectivity index (χ0) is 12.0. The average molecular weight is 218 g/mol. The van der Waals surface area contributed by atoms with Crippen molar-refractivity contribution in [3.8, 4) is 0 Å². The Bertz CT molecular complexity index is 224. The number of rotatable bonds is 6. The van der Waals surface area contributed by atoms with Gasteiger partial charge in [-0.2, -0.15) is 0 Å². The minimum absolute atomic E-state index is 0.0347. The maximum absolute atomic E-state index is 11.2. The van der Waals surface area contributed by atoms with Crippen LogP contribution < -0.4 is 0 Å². The lowest BCUT2D eigenvalue weighted by atomic mass is 10.1. The summed E-state index contributed by atoms with van der Waals surface area (Å²) >= 11 is 0. The van der Waals surface area contributed by atoms with E-state index < -0.39 is 18.0 Å². The SMILES string of the molecule is CC(CO)CC(=O)O[C@H](C(=O)O)C(C)C. The fourth-order valence-electron chi connectivity index (χ4n) is 1.01. The van der Waals surface area contributed by atoms with Crippen molar-refractivity contribution in [3.05, 3.63) is 0 Å². The lowest BCUT2D eigenvalue weighted by molar-refractivity contribution is -0.167. The zero-order valence-corrected chi connectivity index (χ0v) is 9.27. The molecule has 1 unspecified atom stereocenters. The molecular formula is C10H18O5. The van der Waals surface area contributed by atoms with Crippen molar-refractivity contribution >= 4 is 11.9 Å². The molecule has 0 aliphatic rings. The van der Waals surface area contributed by atoms with Gasteiger partial charge in [-0.15, -0.1) is 0 Å². The van der Waals surface area contributed by atoms with Crippen molar-refractivity contribution < 1.29 is 24.5 Å². The number of hydrogen-bond acceptors (Lipinski definition) is 4. The molecule has 0 aromatic rings. The van der Waals surface area contributed by atoms with E-state index in [1.165, 1.54) is 0 Å². The molecule has 0 radical (unpaired) electrons. The van der Waals surface area contributed by atoms with Gasteiger partial charge in [-0.05, 0) is 5.92 Å². The maximum atomic E-state index is 11.2. The lowest BCUT2D eigenvalue weighted by Crippen LogP contribution is -2.32. The Kier molecular flexibility index (Phi) is 5.93. The molecule has 15 heavy (non-hydrogen) atoms. The molecule has 0 bridgehead atoms. The number of carboxylic acid groups (broad SMARTS) is 1. The van der Waals surface area contributed by atoms with Gasteiger partial charge in [0.05, 0.1) is 6.42 Å². The Morgan fingerprint density at radius 3 is 2.13 bits per heavy atom. The van der Waals surface area contributed by atoms with Crippen molar-refractivity contribution in [2.75, 3.05) is 6.61 Å². The van der Waals surface area contributed by atoms with E-state index in [0.29, 0.717) is 0 Å². The molecule has 0 aromatic carbocycles. The smallest absolute Gasteiger partial charge is 0.345 e. The van der Waals surface area contributed by atoms with E-state index >= 15 is 0 Å². The van der Waals surface area contributed by atoms with Crippen molar-refractivity contribution in [1.82, 2.24) is 0 Å². The molecule has 0 amide bonds. The fraction of sp³-hybridized carbons (Fsp3) is 0.800. The van der Waals surface area contributed by atoms with Crippen LogP contribution in [-0.4, -0.2) is 34.9 Å². The minimum atomic E-state index is -1.14. The van der Waals surface area contributed by atoms with Gasteiger partial charge in [0, 0.05) is 12.5 Å². The first kappa shape index (κ1) is 13.9. The summed E-state index contributed by atoms with van der Waals surface area (Å²) in [6, 6.07) is 0. The van der Waals surface area contributed by atoms with Gasteiger partial charge in [0.1, 0.15) is 0 Å². The van der Waals surface area contributed by atoms with Gasteiger partial charge in [0.25, 0.3) is 0 Å².